The maximum absolute atomic E-state index is 11.7. The van der Waals surface area contributed by atoms with Crippen LogP contribution >= 0.6 is 0 Å². The molecule has 0 bridgehead atoms. The van der Waals surface area contributed by atoms with Crippen molar-refractivity contribution < 1.29 is 14.4 Å². The highest BCUT2D eigenvalue weighted by Crippen LogP contribution is 2.32. The number of aliphatic carboxylic acids is 1. The van der Waals surface area contributed by atoms with E-state index in [1.54, 1.807) is 0 Å². The minimum Gasteiger partial charge on any atom is -0.481 e. The topological polar surface area (TPSA) is 75.4 Å². The van der Waals surface area contributed by atoms with E-state index in [1.165, 1.54) is 0 Å². The van der Waals surface area contributed by atoms with E-state index in [0.29, 0.717) is 25.1 Å². The van der Waals surface area contributed by atoms with Crippen molar-refractivity contribution in [1.29, 1.82) is 0 Å². The first-order valence-corrected chi connectivity index (χ1v) is 7.15. The number of benzene rings is 1. The third-order valence-corrected chi connectivity index (χ3v) is 4.07. The minimum atomic E-state index is -0.786. The Kier molecular flexibility index (Phi) is 3.75. The van der Waals surface area contributed by atoms with Gasteiger partial charge in [0.2, 0.25) is 0 Å². The molecular formula is C16H18N2O3. The Bertz CT molecular complexity index is 615. The second-order valence-electron chi connectivity index (χ2n) is 5.59. The first-order chi connectivity index (χ1) is 10.2. The zero-order chi connectivity index (χ0) is 14.7. The number of hydrogen-bond acceptors (Lipinski definition) is 4. The molecule has 1 unspecified atom stereocenters. The SMILES string of the molecule is O=C(O)C1(Cc2cc(-c3ccccc3)no2)CCCNC1. The normalized spacial score (nSPS) is 22.1. The van der Waals surface area contributed by atoms with Crippen molar-refractivity contribution in [2.45, 2.75) is 19.3 Å². The van der Waals surface area contributed by atoms with Gasteiger partial charge in [0.1, 0.15) is 11.5 Å². The molecule has 0 amide bonds. The average Bonchev–Trinajstić information content (AvgIpc) is 2.97. The fraction of sp³-hybridized carbons (Fsp3) is 0.375. The van der Waals surface area contributed by atoms with Gasteiger partial charge in [-0.3, -0.25) is 4.79 Å². The number of piperidine rings is 1. The molecule has 21 heavy (non-hydrogen) atoms. The Morgan fingerprint density at radius 2 is 2.19 bits per heavy atom. The number of nitrogens with zero attached hydrogens (tertiary/aromatic N) is 1. The zero-order valence-corrected chi connectivity index (χ0v) is 11.7. The number of rotatable bonds is 4. The second-order valence-corrected chi connectivity index (χ2v) is 5.59. The molecule has 2 N–H and O–H groups in total. The van der Waals surface area contributed by atoms with E-state index < -0.39 is 11.4 Å². The second kappa shape index (κ2) is 5.69. The van der Waals surface area contributed by atoms with Gasteiger partial charge in [0.15, 0.2) is 0 Å². The molecule has 1 fully saturated rings. The fourth-order valence-corrected chi connectivity index (χ4v) is 2.85. The van der Waals surface area contributed by atoms with Gasteiger partial charge in [0.05, 0.1) is 5.41 Å². The van der Waals surface area contributed by atoms with Crippen LogP contribution < -0.4 is 5.32 Å². The highest BCUT2D eigenvalue weighted by Gasteiger charge is 2.41. The number of nitrogens with one attached hydrogen (secondary N) is 1. The van der Waals surface area contributed by atoms with Crippen molar-refractivity contribution in [1.82, 2.24) is 10.5 Å². The van der Waals surface area contributed by atoms with Gasteiger partial charge in [-0.05, 0) is 19.4 Å². The van der Waals surface area contributed by atoms with Gasteiger partial charge in [0.25, 0.3) is 0 Å². The molecule has 1 aromatic carbocycles. The van der Waals surface area contributed by atoms with E-state index in [9.17, 15) is 9.90 Å². The predicted molar refractivity (Wildman–Crippen MR) is 77.8 cm³/mol. The molecule has 5 heteroatoms. The van der Waals surface area contributed by atoms with Crippen LogP contribution in [-0.2, 0) is 11.2 Å². The number of carbonyl (C=O) groups is 1. The molecule has 5 nitrogen and oxygen atoms in total. The molecule has 1 aliphatic heterocycles. The third kappa shape index (κ3) is 2.83. The maximum atomic E-state index is 11.7. The summed E-state index contributed by atoms with van der Waals surface area (Å²) in [5, 5.41) is 16.8. The van der Waals surface area contributed by atoms with Crippen molar-refractivity contribution in [3.05, 3.63) is 42.2 Å². The Morgan fingerprint density at radius 1 is 1.38 bits per heavy atom. The van der Waals surface area contributed by atoms with Crippen LogP contribution in [0.1, 0.15) is 18.6 Å². The van der Waals surface area contributed by atoms with Gasteiger partial charge >= 0.3 is 5.97 Å². The van der Waals surface area contributed by atoms with Gasteiger partial charge in [0, 0.05) is 24.6 Å². The Labute approximate surface area is 123 Å². The maximum Gasteiger partial charge on any atom is 0.311 e. The van der Waals surface area contributed by atoms with Crippen molar-refractivity contribution >= 4 is 5.97 Å². The first kappa shape index (κ1) is 13.8. The minimum absolute atomic E-state index is 0.370. The molecule has 1 aromatic heterocycles. The highest BCUT2D eigenvalue weighted by molar-refractivity contribution is 5.75. The zero-order valence-electron chi connectivity index (χ0n) is 11.7. The van der Waals surface area contributed by atoms with Crippen molar-refractivity contribution in [3.8, 4) is 11.3 Å². The summed E-state index contributed by atoms with van der Waals surface area (Å²) >= 11 is 0. The molecule has 0 radical (unpaired) electrons. The van der Waals surface area contributed by atoms with Crippen LogP contribution in [0.5, 0.6) is 0 Å². The summed E-state index contributed by atoms with van der Waals surface area (Å²) in [4.78, 5) is 11.7. The van der Waals surface area contributed by atoms with E-state index in [-0.39, 0.29) is 0 Å². The summed E-state index contributed by atoms with van der Waals surface area (Å²) in [5.74, 6) is -0.146. The molecule has 1 aliphatic rings. The number of aromatic nitrogens is 1. The molecule has 110 valence electrons. The lowest BCUT2D eigenvalue weighted by molar-refractivity contribution is -0.150. The Hall–Kier alpha value is -2.14. The predicted octanol–water partition coefficient (Wildman–Crippen LogP) is 2.34. The molecule has 0 saturated carbocycles. The summed E-state index contributed by atoms with van der Waals surface area (Å²) in [6.07, 6.45) is 1.90. The molecule has 2 heterocycles. The number of carboxylic acid groups (broad SMARTS) is 1. The summed E-state index contributed by atoms with van der Waals surface area (Å²) in [5.41, 5.74) is 0.930. The molecule has 0 spiro atoms. The molecule has 3 rings (SSSR count). The van der Waals surface area contributed by atoms with Crippen LogP contribution in [0.3, 0.4) is 0 Å². The van der Waals surface area contributed by atoms with E-state index >= 15 is 0 Å². The molecular weight excluding hydrogens is 268 g/mol. The lowest BCUT2D eigenvalue weighted by Crippen LogP contribution is -2.46. The van der Waals surface area contributed by atoms with Gasteiger partial charge in [-0.25, -0.2) is 0 Å². The lowest BCUT2D eigenvalue weighted by Gasteiger charge is -2.32. The summed E-state index contributed by atoms with van der Waals surface area (Å²) in [6.45, 7) is 1.35. The summed E-state index contributed by atoms with van der Waals surface area (Å²) in [7, 11) is 0. The van der Waals surface area contributed by atoms with E-state index in [2.05, 4.69) is 10.5 Å². The van der Waals surface area contributed by atoms with Crippen LogP contribution in [0.25, 0.3) is 11.3 Å². The van der Waals surface area contributed by atoms with Crippen molar-refractivity contribution in [3.63, 3.8) is 0 Å². The van der Waals surface area contributed by atoms with E-state index in [0.717, 1.165) is 24.2 Å². The molecule has 0 aliphatic carbocycles. The summed E-state index contributed by atoms with van der Waals surface area (Å²) in [6, 6.07) is 11.6. The smallest absolute Gasteiger partial charge is 0.311 e. The van der Waals surface area contributed by atoms with E-state index in [4.69, 9.17) is 4.52 Å². The van der Waals surface area contributed by atoms with Gasteiger partial charge < -0.3 is 14.9 Å². The molecule has 1 saturated heterocycles. The van der Waals surface area contributed by atoms with Crippen LogP contribution in [0.2, 0.25) is 0 Å². The largest absolute Gasteiger partial charge is 0.481 e. The van der Waals surface area contributed by atoms with Gasteiger partial charge in [-0.15, -0.1) is 0 Å². The number of carboxylic acids is 1. The quantitative estimate of drug-likeness (QED) is 0.902. The molecule has 2 aromatic rings. The monoisotopic (exact) mass is 286 g/mol. The van der Waals surface area contributed by atoms with Crippen LogP contribution in [0.15, 0.2) is 40.9 Å². The Balaban J connectivity index is 1.81. The highest BCUT2D eigenvalue weighted by atomic mass is 16.5. The number of hydrogen-bond donors (Lipinski definition) is 2. The molecule has 1 atom stereocenters. The van der Waals surface area contributed by atoms with Crippen molar-refractivity contribution in [2.24, 2.45) is 5.41 Å². The first-order valence-electron chi connectivity index (χ1n) is 7.15. The van der Waals surface area contributed by atoms with Crippen LogP contribution in [-0.4, -0.2) is 29.3 Å². The average molecular weight is 286 g/mol. The van der Waals surface area contributed by atoms with Crippen LogP contribution in [0.4, 0.5) is 0 Å². The lowest BCUT2D eigenvalue weighted by atomic mass is 9.77. The summed E-state index contributed by atoms with van der Waals surface area (Å²) < 4.78 is 5.36. The van der Waals surface area contributed by atoms with Crippen LogP contribution in [0, 0.1) is 5.41 Å². The van der Waals surface area contributed by atoms with Crippen molar-refractivity contribution in [2.75, 3.05) is 13.1 Å². The Morgan fingerprint density at radius 3 is 2.86 bits per heavy atom. The third-order valence-electron chi connectivity index (χ3n) is 4.07. The van der Waals surface area contributed by atoms with E-state index in [1.807, 2.05) is 36.4 Å². The fourth-order valence-electron chi connectivity index (χ4n) is 2.85. The van der Waals surface area contributed by atoms with Gasteiger partial charge in [-0.1, -0.05) is 35.5 Å². The standard InChI is InChI=1S/C16H18N2O3/c19-15(20)16(7-4-8-17-11-16)10-13-9-14(18-21-13)12-5-2-1-3-6-12/h1-3,5-6,9,17H,4,7-8,10-11H2,(H,19,20). The van der Waals surface area contributed by atoms with Gasteiger partial charge in [-0.2, -0.15) is 0 Å².